The van der Waals surface area contributed by atoms with E-state index < -0.39 is 5.97 Å². The fraction of sp³-hybridized carbons (Fsp3) is 0.250. The lowest BCUT2D eigenvalue weighted by molar-refractivity contribution is 0.0690. The SMILES string of the molecule is CC.Cc1sc(-c2ccc3c(c2)/C(=N/Nc2nc4ccccc4s2)CCC3)nc1C(=O)O. The molecule has 0 spiro atoms. The van der Waals surface area contributed by atoms with Gasteiger partial charge in [0.05, 0.1) is 15.9 Å². The molecule has 0 amide bonds. The van der Waals surface area contributed by atoms with Gasteiger partial charge >= 0.3 is 5.97 Å². The van der Waals surface area contributed by atoms with E-state index in [9.17, 15) is 9.90 Å². The number of carbonyl (C=O) groups is 1. The molecule has 0 bridgehead atoms. The number of aryl methyl sites for hydroxylation is 2. The highest BCUT2D eigenvalue weighted by Gasteiger charge is 2.20. The summed E-state index contributed by atoms with van der Waals surface area (Å²) in [7, 11) is 0. The van der Waals surface area contributed by atoms with Crippen LogP contribution >= 0.6 is 22.7 Å². The highest BCUT2D eigenvalue weighted by atomic mass is 32.1. The predicted molar refractivity (Wildman–Crippen MR) is 133 cm³/mol. The minimum atomic E-state index is -0.991. The number of aromatic nitrogens is 2. The number of thiazole rings is 2. The first-order valence-corrected chi connectivity index (χ1v) is 12.2. The van der Waals surface area contributed by atoms with Crippen molar-refractivity contribution in [2.45, 2.75) is 40.0 Å². The van der Waals surface area contributed by atoms with Gasteiger partial charge in [0.2, 0.25) is 5.13 Å². The average molecular weight is 465 g/mol. The Morgan fingerprint density at radius 3 is 2.66 bits per heavy atom. The van der Waals surface area contributed by atoms with Crippen LogP contribution in [-0.2, 0) is 6.42 Å². The summed E-state index contributed by atoms with van der Waals surface area (Å²) < 4.78 is 1.12. The van der Waals surface area contributed by atoms with Crippen molar-refractivity contribution in [1.29, 1.82) is 0 Å². The van der Waals surface area contributed by atoms with E-state index in [1.807, 2.05) is 38.1 Å². The third kappa shape index (κ3) is 4.42. The lowest BCUT2D eigenvalue weighted by Gasteiger charge is -2.18. The molecule has 6 nitrogen and oxygen atoms in total. The third-order valence-electron chi connectivity index (χ3n) is 5.11. The third-order valence-corrected chi connectivity index (χ3v) is 7.07. The summed E-state index contributed by atoms with van der Waals surface area (Å²) in [5.41, 5.74) is 8.48. The second kappa shape index (κ2) is 9.58. The highest BCUT2D eigenvalue weighted by molar-refractivity contribution is 7.22. The smallest absolute Gasteiger partial charge is 0.355 e. The number of nitrogens with zero attached hydrogens (tertiary/aromatic N) is 3. The zero-order valence-corrected chi connectivity index (χ0v) is 19.8. The molecule has 2 aromatic heterocycles. The zero-order chi connectivity index (χ0) is 22.7. The van der Waals surface area contributed by atoms with Gasteiger partial charge in [0.15, 0.2) is 5.69 Å². The van der Waals surface area contributed by atoms with E-state index in [0.717, 1.165) is 56.5 Å². The van der Waals surface area contributed by atoms with Crippen molar-refractivity contribution in [3.63, 3.8) is 0 Å². The second-order valence-corrected chi connectivity index (χ2v) is 9.35. The van der Waals surface area contributed by atoms with E-state index >= 15 is 0 Å². The van der Waals surface area contributed by atoms with Crippen LogP contribution in [0.25, 0.3) is 20.8 Å². The molecule has 0 unspecified atom stereocenters. The number of carboxylic acid groups (broad SMARTS) is 1. The molecule has 2 aromatic carbocycles. The van der Waals surface area contributed by atoms with Crippen molar-refractivity contribution in [3.8, 4) is 10.6 Å². The number of hydrogen-bond donors (Lipinski definition) is 2. The first-order chi connectivity index (χ1) is 15.6. The number of hydrazone groups is 1. The van der Waals surface area contributed by atoms with E-state index in [0.29, 0.717) is 4.88 Å². The molecule has 0 radical (unpaired) electrons. The Labute approximate surface area is 194 Å². The average Bonchev–Trinajstić information content (AvgIpc) is 3.42. The molecule has 2 heterocycles. The van der Waals surface area contributed by atoms with E-state index in [2.05, 4.69) is 38.7 Å². The van der Waals surface area contributed by atoms with Crippen molar-refractivity contribution in [2.75, 3.05) is 5.43 Å². The number of para-hydroxylation sites is 1. The molecule has 4 aromatic rings. The number of nitrogens with one attached hydrogen (secondary N) is 1. The summed E-state index contributed by atoms with van der Waals surface area (Å²) in [6.07, 6.45) is 2.94. The molecule has 164 valence electrons. The van der Waals surface area contributed by atoms with Crippen LogP contribution in [0.4, 0.5) is 5.13 Å². The van der Waals surface area contributed by atoms with Crippen molar-refractivity contribution in [3.05, 3.63) is 64.2 Å². The van der Waals surface area contributed by atoms with Crippen molar-refractivity contribution in [1.82, 2.24) is 9.97 Å². The van der Waals surface area contributed by atoms with Crippen LogP contribution in [0.3, 0.4) is 0 Å². The molecule has 8 heteroatoms. The van der Waals surface area contributed by atoms with E-state index in [-0.39, 0.29) is 5.69 Å². The number of anilines is 1. The van der Waals surface area contributed by atoms with E-state index in [1.165, 1.54) is 16.9 Å². The Bertz CT molecular complexity index is 1270. The summed E-state index contributed by atoms with van der Waals surface area (Å²) >= 11 is 2.99. The minimum absolute atomic E-state index is 0.124. The topological polar surface area (TPSA) is 87.5 Å². The van der Waals surface area contributed by atoms with Gasteiger partial charge in [0.25, 0.3) is 0 Å². The number of carboxylic acids is 1. The van der Waals surface area contributed by atoms with Gasteiger partial charge in [-0.1, -0.05) is 49.4 Å². The lowest BCUT2D eigenvalue weighted by Crippen LogP contribution is -2.13. The number of fused-ring (bicyclic) bond motifs is 2. The molecule has 1 aliphatic rings. The maximum atomic E-state index is 11.3. The summed E-state index contributed by atoms with van der Waals surface area (Å²) in [6, 6.07) is 14.2. The number of rotatable bonds is 4. The summed E-state index contributed by atoms with van der Waals surface area (Å²) in [5.74, 6) is -0.991. The van der Waals surface area contributed by atoms with Gasteiger partial charge in [-0.25, -0.2) is 14.8 Å². The molecule has 5 rings (SSSR count). The molecule has 0 atom stereocenters. The summed E-state index contributed by atoms with van der Waals surface area (Å²) in [6.45, 7) is 5.79. The van der Waals surface area contributed by atoms with Gasteiger partial charge in [0.1, 0.15) is 5.01 Å². The fourth-order valence-corrected chi connectivity index (χ4v) is 5.36. The van der Waals surface area contributed by atoms with Crippen LogP contribution in [0.2, 0.25) is 0 Å². The zero-order valence-electron chi connectivity index (χ0n) is 18.2. The number of hydrogen-bond acceptors (Lipinski definition) is 7. The van der Waals surface area contributed by atoms with Gasteiger partial charge in [-0.05, 0) is 49.9 Å². The molecule has 0 saturated heterocycles. The van der Waals surface area contributed by atoms with Crippen molar-refractivity contribution >= 4 is 49.7 Å². The standard InChI is InChI=1S/C22H18N4O2S2.C2H6/c1-12-19(21(27)28)24-20(29-12)14-10-9-13-5-4-7-16(15(13)11-14)25-26-22-23-17-6-2-3-8-18(17)30-22;1-2/h2-3,6,8-11H,4-5,7H2,1H3,(H,23,26)(H,27,28);1-2H3/b25-16+;. The second-order valence-electron chi connectivity index (χ2n) is 7.11. The Balaban J connectivity index is 0.00000119. The van der Waals surface area contributed by atoms with Gasteiger partial charge < -0.3 is 5.11 Å². The van der Waals surface area contributed by atoms with E-state index in [4.69, 9.17) is 0 Å². The monoisotopic (exact) mass is 464 g/mol. The fourth-order valence-electron chi connectivity index (χ4n) is 3.65. The molecular formula is C24H24N4O2S2. The predicted octanol–water partition coefficient (Wildman–Crippen LogP) is 6.61. The first kappa shape index (κ1) is 22.1. The Hall–Kier alpha value is -3.10. The molecule has 0 aliphatic heterocycles. The van der Waals surface area contributed by atoms with Crippen molar-refractivity contribution in [2.24, 2.45) is 5.10 Å². The van der Waals surface area contributed by atoms with Crippen molar-refractivity contribution < 1.29 is 9.90 Å². The molecule has 0 saturated carbocycles. The molecule has 32 heavy (non-hydrogen) atoms. The quantitative estimate of drug-likeness (QED) is 0.332. The molecule has 2 N–H and O–H groups in total. The maximum Gasteiger partial charge on any atom is 0.355 e. The maximum absolute atomic E-state index is 11.3. The van der Waals surface area contributed by atoms with E-state index in [1.54, 1.807) is 18.3 Å². The highest BCUT2D eigenvalue weighted by Crippen LogP contribution is 2.32. The molecule has 1 aliphatic carbocycles. The van der Waals surface area contributed by atoms with Crippen LogP contribution in [-0.4, -0.2) is 26.8 Å². The number of benzene rings is 2. The Kier molecular flexibility index (Phi) is 6.62. The van der Waals surface area contributed by atoms with Gasteiger partial charge in [-0.15, -0.1) is 11.3 Å². The van der Waals surface area contributed by atoms with Crippen LogP contribution < -0.4 is 5.43 Å². The molecular weight excluding hydrogens is 440 g/mol. The Morgan fingerprint density at radius 1 is 1.09 bits per heavy atom. The van der Waals surface area contributed by atoms with Crippen LogP contribution in [0.5, 0.6) is 0 Å². The van der Waals surface area contributed by atoms with Gasteiger partial charge in [-0.2, -0.15) is 5.10 Å². The van der Waals surface area contributed by atoms with Gasteiger partial charge in [-0.3, -0.25) is 5.43 Å². The normalized spacial score (nSPS) is 14.0. The summed E-state index contributed by atoms with van der Waals surface area (Å²) in [4.78, 5) is 21.0. The van der Waals surface area contributed by atoms with Crippen LogP contribution in [0.1, 0.15) is 53.2 Å². The largest absolute Gasteiger partial charge is 0.476 e. The molecule has 0 fully saturated rings. The Morgan fingerprint density at radius 2 is 1.91 bits per heavy atom. The van der Waals surface area contributed by atoms with Crippen LogP contribution in [0, 0.1) is 6.92 Å². The first-order valence-electron chi connectivity index (χ1n) is 10.6. The summed E-state index contributed by atoms with van der Waals surface area (Å²) in [5, 5.41) is 15.5. The van der Waals surface area contributed by atoms with Crippen LogP contribution in [0.15, 0.2) is 47.6 Å². The number of aromatic carboxylic acids is 1. The lowest BCUT2D eigenvalue weighted by atomic mass is 9.89. The minimum Gasteiger partial charge on any atom is -0.476 e. The van der Waals surface area contributed by atoms with Gasteiger partial charge in [0, 0.05) is 16.0 Å².